The number of nitrogens with two attached hydrogens (primary N) is 1. The number of hydrogen-bond donors (Lipinski definition) is 1. The number of carbonyl (C=O) groups excluding carboxylic acids is 2. The van der Waals surface area contributed by atoms with Gasteiger partial charge in [-0.3, -0.25) is 0 Å². The largest absolute Gasteiger partial charge is 0.462 e. The summed E-state index contributed by atoms with van der Waals surface area (Å²) >= 11 is 0. The Morgan fingerprint density at radius 3 is 2.35 bits per heavy atom. The summed E-state index contributed by atoms with van der Waals surface area (Å²) in [6.07, 6.45) is 1.71. The number of ether oxygens (including phenoxy) is 2. The summed E-state index contributed by atoms with van der Waals surface area (Å²) in [7, 11) is 0. The minimum absolute atomic E-state index is 0.186. The second kappa shape index (κ2) is 7.97. The van der Waals surface area contributed by atoms with Crippen molar-refractivity contribution in [3.8, 4) is 0 Å². The molecular weight excluding hydrogens is 296 g/mol. The molecular formula is C17H24N2O4. The first kappa shape index (κ1) is 17.3. The molecule has 0 saturated carbocycles. The second-order valence-electron chi connectivity index (χ2n) is 5.47. The first-order valence-corrected chi connectivity index (χ1v) is 8.06. The van der Waals surface area contributed by atoms with E-state index in [0.29, 0.717) is 5.69 Å². The van der Waals surface area contributed by atoms with Crippen LogP contribution in [0, 0.1) is 0 Å². The predicted octanol–water partition coefficient (Wildman–Crippen LogP) is 1.97. The number of carbonyl (C=O) groups is 2. The van der Waals surface area contributed by atoms with Gasteiger partial charge in [0.05, 0.1) is 30.0 Å². The quantitative estimate of drug-likeness (QED) is 0.835. The van der Waals surface area contributed by atoms with Gasteiger partial charge in [-0.25, -0.2) is 9.59 Å². The van der Waals surface area contributed by atoms with Crippen LogP contribution in [-0.4, -0.2) is 44.3 Å². The number of hydrogen-bond acceptors (Lipinski definition) is 6. The SMILES string of the molecule is CCOC(=O)c1cccc(N2CCC(N)CC2)c1C(=O)OCC. The van der Waals surface area contributed by atoms with Gasteiger partial charge in [0.2, 0.25) is 0 Å². The molecule has 6 nitrogen and oxygen atoms in total. The lowest BCUT2D eigenvalue weighted by atomic mass is 10.0. The molecule has 0 aromatic heterocycles. The maximum absolute atomic E-state index is 12.4. The summed E-state index contributed by atoms with van der Waals surface area (Å²) in [5, 5.41) is 0. The highest BCUT2D eigenvalue weighted by molar-refractivity contribution is 6.07. The maximum Gasteiger partial charge on any atom is 0.341 e. The van der Waals surface area contributed by atoms with Crippen LogP contribution in [0.25, 0.3) is 0 Å². The van der Waals surface area contributed by atoms with Crippen molar-refractivity contribution in [2.24, 2.45) is 5.73 Å². The van der Waals surface area contributed by atoms with E-state index in [-0.39, 0.29) is 30.4 Å². The average molecular weight is 320 g/mol. The molecule has 1 fully saturated rings. The first-order valence-electron chi connectivity index (χ1n) is 8.06. The molecule has 0 aliphatic carbocycles. The van der Waals surface area contributed by atoms with Gasteiger partial charge in [-0.15, -0.1) is 0 Å². The van der Waals surface area contributed by atoms with Gasteiger partial charge >= 0.3 is 11.9 Å². The van der Waals surface area contributed by atoms with Crippen molar-refractivity contribution < 1.29 is 19.1 Å². The van der Waals surface area contributed by atoms with E-state index in [1.807, 2.05) is 6.07 Å². The fourth-order valence-corrected chi connectivity index (χ4v) is 2.74. The minimum Gasteiger partial charge on any atom is -0.462 e. The van der Waals surface area contributed by atoms with Crippen molar-refractivity contribution in [3.05, 3.63) is 29.3 Å². The number of nitrogens with zero attached hydrogens (tertiary/aromatic N) is 1. The maximum atomic E-state index is 12.4. The molecule has 0 atom stereocenters. The molecule has 0 bridgehead atoms. The zero-order chi connectivity index (χ0) is 16.8. The van der Waals surface area contributed by atoms with Crippen molar-refractivity contribution in [2.45, 2.75) is 32.7 Å². The van der Waals surface area contributed by atoms with Crippen LogP contribution in [-0.2, 0) is 9.47 Å². The van der Waals surface area contributed by atoms with E-state index in [1.165, 1.54) is 0 Å². The molecule has 1 heterocycles. The van der Waals surface area contributed by atoms with E-state index in [1.54, 1.807) is 26.0 Å². The molecule has 1 aliphatic rings. The van der Waals surface area contributed by atoms with Crippen molar-refractivity contribution >= 4 is 17.6 Å². The molecule has 6 heteroatoms. The predicted molar refractivity (Wildman–Crippen MR) is 87.8 cm³/mol. The Morgan fingerprint density at radius 2 is 1.74 bits per heavy atom. The number of esters is 2. The van der Waals surface area contributed by atoms with Gasteiger partial charge < -0.3 is 20.1 Å². The fraction of sp³-hybridized carbons (Fsp3) is 0.529. The number of benzene rings is 1. The summed E-state index contributed by atoms with van der Waals surface area (Å²) in [5.41, 5.74) is 7.18. The van der Waals surface area contributed by atoms with Crippen LogP contribution in [0.1, 0.15) is 47.4 Å². The van der Waals surface area contributed by atoms with E-state index < -0.39 is 11.9 Å². The molecule has 0 spiro atoms. The summed E-state index contributed by atoms with van der Waals surface area (Å²) in [5.74, 6) is -1.01. The molecule has 126 valence electrons. The minimum atomic E-state index is -0.508. The smallest absolute Gasteiger partial charge is 0.341 e. The van der Waals surface area contributed by atoms with Crippen LogP contribution in [0.15, 0.2) is 18.2 Å². The van der Waals surface area contributed by atoms with Crippen molar-refractivity contribution in [2.75, 3.05) is 31.2 Å². The molecule has 1 aromatic carbocycles. The van der Waals surface area contributed by atoms with Crippen molar-refractivity contribution in [3.63, 3.8) is 0 Å². The second-order valence-corrected chi connectivity index (χ2v) is 5.47. The van der Waals surface area contributed by atoms with Gasteiger partial charge in [0.25, 0.3) is 0 Å². The number of anilines is 1. The van der Waals surface area contributed by atoms with Crippen LogP contribution >= 0.6 is 0 Å². The van der Waals surface area contributed by atoms with Gasteiger partial charge in [0, 0.05) is 19.1 Å². The lowest BCUT2D eigenvalue weighted by molar-refractivity contribution is 0.0479. The van der Waals surface area contributed by atoms with Crippen molar-refractivity contribution in [1.82, 2.24) is 0 Å². The van der Waals surface area contributed by atoms with Gasteiger partial charge in [-0.1, -0.05) is 6.07 Å². The highest BCUT2D eigenvalue weighted by Gasteiger charge is 2.27. The Hall–Kier alpha value is -2.08. The van der Waals surface area contributed by atoms with Crippen LogP contribution in [0.2, 0.25) is 0 Å². The third-order valence-electron chi connectivity index (χ3n) is 3.90. The number of rotatable bonds is 5. The van der Waals surface area contributed by atoms with Gasteiger partial charge in [0.15, 0.2) is 0 Å². The Kier molecular flexibility index (Phi) is 5.98. The highest BCUT2D eigenvalue weighted by Crippen LogP contribution is 2.28. The Balaban J connectivity index is 2.42. The van der Waals surface area contributed by atoms with Gasteiger partial charge in [-0.2, -0.15) is 0 Å². The highest BCUT2D eigenvalue weighted by atomic mass is 16.5. The molecule has 23 heavy (non-hydrogen) atoms. The molecule has 0 unspecified atom stereocenters. The van der Waals surface area contributed by atoms with E-state index in [4.69, 9.17) is 15.2 Å². The number of piperidine rings is 1. The zero-order valence-corrected chi connectivity index (χ0v) is 13.7. The summed E-state index contributed by atoms with van der Waals surface area (Å²) in [4.78, 5) is 26.7. The molecule has 0 radical (unpaired) electrons. The van der Waals surface area contributed by atoms with E-state index >= 15 is 0 Å². The molecule has 2 rings (SSSR count). The summed E-state index contributed by atoms with van der Waals surface area (Å²) < 4.78 is 10.2. The van der Waals surface area contributed by atoms with E-state index in [0.717, 1.165) is 25.9 Å². The van der Waals surface area contributed by atoms with Crippen molar-refractivity contribution in [1.29, 1.82) is 0 Å². The zero-order valence-electron chi connectivity index (χ0n) is 13.7. The average Bonchev–Trinajstić information content (AvgIpc) is 2.55. The third kappa shape index (κ3) is 4.01. The Morgan fingerprint density at radius 1 is 1.13 bits per heavy atom. The lowest BCUT2D eigenvalue weighted by Gasteiger charge is -2.33. The molecule has 0 amide bonds. The Bertz CT molecular complexity index is 566. The van der Waals surface area contributed by atoms with Crippen LogP contribution in [0.5, 0.6) is 0 Å². The molecule has 1 aliphatic heterocycles. The van der Waals surface area contributed by atoms with Crippen LogP contribution in [0.4, 0.5) is 5.69 Å². The van der Waals surface area contributed by atoms with E-state index in [2.05, 4.69) is 4.90 Å². The van der Waals surface area contributed by atoms with Crippen LogP contribution in [0.3, 0.4) is 0 Å². The lowest BCUT2D eigenvalue weighted by Crippen LogP contribution is -2.40. The molecule has 1 saturated heterocycles. The standard InChI is InChI=1S/C17H24N2O4/c1-3-22-16(20)13-6-5-7-14(15(13)17(21)23-4-2)19-10-8-12(18)9-11-19/h5-7,12H,3-4,8-11,18H2,1-2H3. The first-order chi connectivity index (χ1) is 11.1. The normalized spacial score (nSPS) is 15.3. The summed E-state index contributed by atoms with van der Waals surface area (Å²) in [6.45, 7) is 5.48. The Labute approximate surface area is 136 Å². The summed E-state index contributed by atoms with van der Waals surface area (Å²) in [6, 6.07) is 5.39. The third-order valence-corrected chi connectivity index (χ3v) is 3.90. The molecule has 2 N–H and O–H groups in total. The van der Waals surface area contributed by atoms with Gasteiger partial charge in [-0.05, 0) is 38.8 Å². The monoisotopic (exact) mass is 320 g/mol. The van der Waals surface area contributed by atoms with Crippen LogP contribution < -0.4 is 10.6 Å². The van der Waals surface area contributed by atoms with E-state index in [9.17, 15) is 9.59 Å². The topological polar surface area (TPSA) is 81.9 Å². The fourth-order valence-electron chi connectivity index (χ4n) is 2.74. The van der Waals surface area contributed by atoms with Gasteiger partial charge in [0.1, 0.15) is 0 Å². The molecule has 1 aromatic rings.